The second-order valence-corrected chi connectivity index (χ2v) is 5.20. The number of hydrogen-bond donors (Lipinski definition) is 2. The number of hydrogen-bond acceptors (Lipinski definition) is 7. The smallest absolute Gasteiger partial charge is 0.418 e. The van der Waals surface area contributed by atoms with Gasteiger partial charge in [0.25, 0.3) is 0 Å². The Kier molecular flexibility index (Phi) is 5.89. The van der Waals surface area contributed by atoms with Crippen LogP contribution in [0, 0.1) is 0 Å². The molecule has 1 aromatic rings. The highest BCUT2D eigenvalue weighted by Gasteiger charge is 2.54. The molecule has 1 heterocycles. The molecule has 2 rings (SSSR count). The first-order valence-electron chi connectivity index (χ1n) is 7.61. The molecule has 1 aromatic carbocycles. The highest BCUT2D eigenvalue weighted by atomic mass is 16.6. The summed E-state index contributed by atoms with van der Waals surface area (Å²) < 4.78 is 9.66. The fraction of sp³-hybridized carbons (Fsp3) is 0.312. The lowest BCUT2D eigenvalue weighted by Crippen LogP contribution is -2.74. The highest BCUT2D eigenvalue weighted by molar-refractivity contribution is 6.35. The summed E-state index contributed by atoms with van der Waals surface area (Å²) in [4.78, 5) is 58.9. The summed E-state index contributed by atoms with van der Waals surface area (Å²) in [5.74, 6) is -5.41. The largest absolute Gasteiger partial charge is 0.474 e. The molecule has 0 radical (unpaired) electrons. The number of carbonyl (C=O) groups is 5. The van der Waals surface area contributed by atoms with E-state index >= 15 is 0 Å². The fourth-order valence-electron chi connectivity index (χ4n) is 2.27. The Hall–Kier alpha value is -3.43. The van der Waals surface area contributed by atoms with Crippen molar-refractivity contribution in [3.63, 3.8) is 0 Å². The molecule has 10 nitrogen and oxygen atoms in total. The highest BCUT2D eigenvalue weighted by Crippen LogP contribution is 2.18. The number of ether oxygens (including phenoxy) is 2. The zero-order valence-electron chi connectivity index (χ0n) is 13.7. The van der Waals surface area contributed by atoms with E-state index in [1.807, 2.05) is 0 Å². The first kappa shape index (κ1) is 18.9. The van der Waals surface area contributed by atoms with Crippen LogP contribution in [0.5, 0.6) is 0 Å². The molecule has 26 heavy (non-hydrogen) atoms. The van der Waals surface area contributed by atoms with E-state index in [0.717, 1.165) is 0 Å². The van der Waals surface area contributed by atoms with Gasteiger partial charge in [0.1, 0.15) is 6.61 Å². The molecule has 2 unspecified atom stereocenters. The molecule has 1 aliphatic rings. The van der Waals surface area contributed by atoms with Crippen molar-refractivity contribution in [1.29, 1.82) is 0 Å². The van der Waals surface area contributed by atoms with Gasteiger partial charge in [-0.3, -0.25) is 9.59 Å². The number of carboxylic acid groups (broad SMARTS) is 1. The molecule has 0 bridgehead atoms. The zero-order valence-corrected chi connectivity index (χ0v) is 13.7. The number of rotatable bonds is 5. The Labute approximate surface area is 147 Å². The molecule has 2 N–H and O–H groups in total. The monoisotopic (exact) mass is 364 g/mol. The first-order valence-corrected chi connectivity index (χ1v) is 7.61. The lowest BCUT2D eigenvalue weighted by molar-refractivity contribution is -0.165. The molecule has 0 spiro atoms. The normalized spacial score (nSPS) is 18.1. The van der Waals surface area contributed by atoms with Crippen molar-refractivity contribution in [1.82, 2.24) is 10.2 Å². The molecule has 0 aromatic heterocycles. The Morgan fingerprint density at radius 3 is 2.35 bits per heavy atom. The van der Waals surface area contributed by atoms with E-state index in [-0.39, 0.29) is 18.1 Å². The van der Waals surface area contributed by atoms with E-state index < -0.39 is 41.9 Å². The molecule has 10 heteroatoms. The summed E-state index contributed by atoms with van der Waals surface area (Å²) in [6.45, 7) is 1.28. The Balaban J connectivity index is 2.18. The predicted molar refractivity (Wildman–Crippen MR) is 83.5 cm³/mol. The van der Waals surface area contributed by atoms with Crippen LogP contribution in [0.25, 0.3) is 0 Å². The van der Waals surface area contributed by atoms with Crippen LogP contribution in [0.4, 0.5) is 4.79 Å². The lowest BCUT2D eigenvalue weighted by atomic mass is 9.97. The topological polar surface area (TPSA) is 139 Å². The summed E-state index contributed by atoms with van der Waals surface area (Å²) in [6, 6.07) is 5.42. The Bertz CT molecular complexity index is 733. The molecule has 1 saturated heterocycles. The molecule has 0 saturated carbocycles. The van der Waals surface area contributed by atoms with Crippen molar-refractivity contribution >= 4 is 29.8 Å². The van der Waals surface area contributed by atoms with Crippen LogP contribution in [0.15, 0.2) is 30.3 Å². The third-order valence-electron chi connectivity index (χ3n) is 3.50. The molecular formula is C16H16N2O8. The van der Waals surface area contributed by atoms with Gasteiger partial charge >= 0.3 is 23.9 Å². The standard InChI is InChI=1S/C16H16N2O8/c1-2-25-15(23)10-11(12(19)17-10)18(13(20)14(21)22)16(24)26-8-9-6-4-3-5-7-9/h3-7,10-11H,2,8H2,1H3,(H,17,19)(H,21,22). The molecule has 3 amide bonds. The number of esters is 1. The van der Waals surface area contributed by atoms with Crippen LogP contribution in [0.1, 0.15) is 12.5 Å². The number of imide groups is 1. The van der Waals surface area contributed by atoms with Crippen molar-refractivity contribution in [2.24, 2.45) is 0 Å². The minimum atomic E-state index is -1.97. The number of β-lactam (4-membered cyclic amide) rings is 1. The van der Waals surface area contributed by atoms with Crippen LogP contribution in [0.3, 0.4) is 0 Å². The van der Waals surface area contributed by atoms with Gasteiger partial charge < -0.3 is 19.9 Å². The summed E-state index contributed by atoms with van der Waals surface area (Å²) in [7, 11) is 0. The number of carbonyl (C=O) groups excluding carboxylic acids is 4. The number of nitrogens with one attached hydrogen (secondary N) is 1. The summed E-state index contributed by atoms with van der Waals surface area (Å²) in [5.41, 5.74) is 0.587. The SMILES string of the molecule is CCOC(=O)C1NC(=O)C1N(C(=O)OCc1ccccc1)C(=O)C(=O)O. The van der Waals surface area contributed by atoms with Gasteiger partial charge in [0.05, 0.1) is 6.61 Å². The van der Waals surface area contributed by atoms with Crippen molar-refractivity contribution in [2.45, 2.75) is 25.6 Å². The number of aliphatic carboxylic acids is 1. The van der Waals surface area contributed by atoms with Gasteiger partial charge in [-0.1, -0.05) is 30.3 Å². The number of amides is 3. The predicted octanol–water partition coefficient (Wildman–Crippen LogP) is -0.333. The average Bonchev–Trinajstić information content (AvgIpc) is 2.62. The van der Waals surface area contributed by atoms with Gasteiger partial charge in [-0.25, -0.2) is 19.3 Å². The van der Waals surface area contributed by atoms with Crippen LogP contribution < -0.4 is 5.32 Å². The van der Waals surface area contributed by atoms with Crippen molar-refractivity contribution in [3.8, 4) is 0 Å². The van der Waals surface area contributed by atoms with Crippen molar-refractivity contribution in [2.75, 3.05) is 6.61 Å². The maximum absolute atomic E-state index is 12.3. The van der Waals surface area contributed by atoms with Crippen LogP contribution in [-0.2, 0) is 35.3 Å². The Morgan fingerprint density at radius 2 is 1.81 bits per heavy atom. The third-order valence-corrected chi connectivity index (χ3v) is 3.50. The molecule has 1 aliphatic heterocycles. The minimum Gasteiger partial charge on any atom is -0.474 e. The van der Waals surface area contributed by atoms with Gasteiger partial charge in [0.15, 0.2) is 12.1 Å². The number of benzene rings is 1. The van der Waals surface area contributed by atoms with E-state index in [0.29, 0.717) is 5.56 Å². The quantitative estimate of drug-likeness (QED) is 0.411. The van der Waals surface area contributed by atoms with Gasteiger partial charge in [-0.15, -0.1) is 0 Å². The molecular weight excluding hydrogens is 348 g/mol. The van der Waals surface area contributed by atoms with Gasteiger partial charge in [0, 0.05) is 0 Å². The lowest BCUT2D eigenvalue weighted by Gasteiger charge is -2.39. The zero-order chi connectivity index (χ0) is 19.3. The summed E-state index contributed by atoms with van der Waals surface area (Å²) in [6.07, 6.45) is -1.35. The van der Waals surface area contributed by atoms with Crippen molar-refractivity contribution < 1.29 is 38.6 Å². The van der Waals surface area contributed by atoms with Crippen LogP contribution in [-0.4, -0.2) is 58.5 Å². The molecule has 2 atom stereocenters. The molecule has 0 aliphatic carbocycles. The van der Waals surface area contributed by atoms with E-state index in [1.165, 1.54) is 6.92 Å². The van der Waals surface area contributed by atoms with E-state index in [2.05, 4.69) is 5.32 Å². The van der Waals surface area contributed by atoms with Gasteiger partial charge in [-0.05, 0) is 12.5 Å². The fourth-order valence-corrected chi connectivity index (χ4v) is 2.27. The maximum Gasteiger partial charge on any atom is 0.418 e. The molecule has 1 fully saturated rings. The van der Waals surface area contributed by atoms with Crippen LogP contribution >= 0.6 is 0 Å². The van der Waals surface area contributed by atoms with E-state index in [4.69, 9.17) is 14.6 Å². The minimum absolute atomic E-state index is 0.00323. The average molecular weight is 364 g/mol. The van der Waals surface area contributed by atoms with Crippen molar-refractivity contribution in [3.05, 3.63) is 35.9 Å². The molecule has 138 valence electrons. The second kappa shape index (κ2) is 8.10. The van der Waals surface area contributed by atoms with Gasteiger partial charge in [0.2, 0.25) is 5.91 Å². The summed E-state index contributed by atoms with van der Waals surface area (Å²) >= 11 is 0. The Morgan fingerprint density at radius 1 is 1.15 bits per heavy atom. The third kappa shape index (κ3) is 3.97. The van der Waals surface area contributed by atoms with Gasteiger partial charge in [-0.2, -0.15) is 0 Å². The van der Waals surface area contributed by atoms with E-state index in [9.17, 15) is 24.0 Å². The second-order valence-electron chi connectivity index (χ2n) is 5.20. The summed E-state index contributed by atoms with van der Waals surface area (Å²) in [5, 5.41) is 11.1. The maximum atomic E-state index is 12.3. The first-order chi connectivity index (χ1) is 12.4. The number of carboxylic acids is 1. The van der Waals surface area contributed by atoms with E-state index in [1.54, 1.807) is 30.3 Å². The van der Waals surface area contributed by atoms with Crippen LogP contribution in [0.2, 0.25) is 0 Å². The number of nitrogens with zero attached hydrogens (tertiary/aromatic N) is 1.